The molecule has 1 aliphatic heterocycles. The number of aryl methyl sites for hydroxylation is 1. The number of hydrogen-bond acceptors (Lipinski definition) is 6. The quantitative estimate of drug-likeness (QED) is 0.517. The molecule has 2 heterocycles. The maximum absolute atomic E-state index is 12.8. The first-order valence-electron chi connectivity index (χ1n) is 9.55. The number of nitro benzene ring substituents is 1. The van der Waals surface area contributed by atoms with Gasteiger partial charge in [0, 0.05) is 30.6 Å². The van der Waals surface area contributed by atoms with Crippen molar-refractivity contribution in [3.63, 3.8) is 0 Å². The predicted octanol–water partition coefficient (Wildman–Crippen LogP) is 3.54. The number of nitro groups is 1. The van der Waals surface area contributed by atoms with Crippen molar-refractivity contribution in [2.75, 3.05) is 11.9 Å². The molecule has 0 bridgehead atoms. The predicted molar refractivity (Wildman–Crippen MR) is 112 cm³/mol. The zero-order valence-corrected chi connectivity index (χ0v) is 16.3. The molecular weight excluding hydrogens is 382 g/mol. The number of anilines is 1. The highest BCUT2D eigenvalue weighted by Gasteiger charge is 2.31. The van der Waals surface area contributed by atoms with Gasteiger partial charge < -0.3 is 10.2 Å². The van der Waals surface area contributed by atoms with E-state index < -0.39 is 11.0 Å². The molecule has 8 heteroatoms. The van der Waals surface area contributed by atoms with Crippen LogP contribution in [-0.2, 0) is 11.3 Å². The van der Waals surface area contributed by atoms with E-state index in [0.717, 1.165) is 5.56 Å². The van der Waals surface area contributed by atoms with Crippen molar-refractivity contribution in [2.24, 2.45) is 0 Å². The Kier molecular flexibility index (Phi) is 5.02. The number of likely N-dealkylation sites (tertiary alicyclic amines) is 1. The lowest BCUT2D eigenvalue weighted by atomic mass is 10.1. The molecule has 0 aliphatic carbocycles. The van der Waals surface area contributed by atoms with E-state index in [4.69, 9.17) is 0 Å². The van der Waals surface area contributed by atoms with Crippen molar-refractivity contribution < 1.29 is 9.72 Å². The van der Waals surface area contributed by atoms with Gasteiger partial charge in [-0.3, -0.25) is 14.9 Å². The Hall–Kier alpha value is -3.99. The van der Waals surface area contributed by atoms with Crippen LogP contribution in [0.15, 0.2) is 48.5 Å². The lowest BCUT2D eigenvalue weighted by molar-refractivity contribution is -0.384. The summed E-state index contributed by atoms with van der Waals surface area (Å²) in [5.41, 5.74) is 2.88. The van der Waals surface area contributed by atoms with Gasteiger partial charge >= 0.3 is 0 Å². The first kappa shape index (κ1) is 19.3. The number of aromatic nitrogens is 1. The van der Waals surface area contributed by atoms with Gasteiger partial charge in [0.25, 0.3) is 5.69 Å². The molecule has 0 saturated carbocycles. The first-order valence-corrected chi connectivity index (χ1v) is 9.55. The van der Waals surface area contributed by atoms with Gasteiger partial charge in [0.05, 0.1) is 22.1 Å². The molecular formula is C22H19N5O3. The Balaban J connectivity index is 1.53. The Morgan fingerprint density at radius 1 is 1.27 bits per heavy atom. The van der Waals surface area contributed by atoms with Crippen molar-refractivity contribution in [3.05, 3.63) is 75.3 Å². The summed E-state index contributed by atoms with van der Waals surface area (Å²) in [6.45, 7) is 3.21. The van der Waals surface area contributed by atoms with Gasteiger partial charge in [0.15, 0.2) is 0 Å². The van der Waals surface area contributed by atoms with E-state index in [-0.39, 0.29) is 17.2 Å². The third kappa shape index (κ3) is 3.78. The minimum absolute atomic E-state index is 0.0142. The smallest absolute Gasteiger partial charge is 0.270 e. The van der Waals surface area contributed by atoms with Crippen molar-refractivity contribution in [2.45, 2.75) is 25.9 Å². The van der Waals surface area contributed by atoms with Crippen LogP contribution >= 0.6 is 0 Å². The summed E-state index contributed by atoms with van der Waals surface area (Å²) < 4.78 is 0. The Labute approximate surface area is 172 Å². The number of hydrogen-bond donors (Lipinski definition) is 1. The fraction of sp³-hybridized carbons (Fsp3) is 0.227. The van der Waals surface area contributed by atoms with E-state index >= 15 is 0 Å². The van der Waals surface area contributed by atoms with Gasteiger partial charge in [-0.25, -0.2) is 4.98 Å². The second-order valence-corrected chi connectivity index (χ2v) is 7.36. The third-order valence-corrected chi connectivity index (χ3v) is 5.24. The highest BCUT2D eigenvalue weighted by atomic mass is 16.6. The van der Waals surface area contributed by atoms with E-state index in [1.807, 2.05) is 31.2 Å². The number of nitriles is 1. The number of nitrogens with one attached hydrogen (secondary N) is 1. The fourth-order valence-electron chi connectivity index (χ4n) is 3.62. The largest absolute Gasteiger partial charge is 0.358 e. The van der Waals surface area contributed by atoms with Gasteiger partial charge in [-0.1, -0.05) is 29.8 Å². The maximum atomic E-state index is 12.8. The van der Waals surface area contributed by atoms with Gasteiger partial charge in [-0.05, 0) is 31.0 Å². The summed E-state index contributed by atoms with van der Waals surface area (Å²) >= 11 is 0. The minimum atomic E-state index is -0.507. The van der Waals surface area contributed by atoms with Crippen molar-refractivity contribution in [1.29, 1.82) is 5.26 Å². The molecule has 0 radical (unpaired) electrons. The molecule has 2 aromatic carbocycles. The molecule has 1 atom stereocenters. The van der Waals surface area contributed by atoms with Gasteiger partial charge in [0.2, 0.25) is 5.91 Å². The Morgan fingerprint density at radius 2 is 2.03 bits per heavy atom. The molecule has 30 heavy (non-hydrogen) atoms. The molecule has 150 valence electrons. The number of non-ortho nitro benzene ring substituents is 1. The standard InChI is InChI=1S/C22H19N5O3/c1-14-2-4-15(5-3-14)13-26-9-8-20(22(26)28)25-21-10-16(12-23)18-11-17(27(29)30)6-7-19(18)24-21/h2-7,10-11,20H,8-9,13H2,1H3,(H,24,25). The number of benzene rings is 2. The van der Waals surface area contributed by atoms with Crippen LogP contribution in [0.25, 0.3) is 10.9 Å². The van der Waals surface area contributed by atoms with Crippen LogP contribution in [0.2, 0.25) is 0 Å². The monoisotopic (exact) mass is 401 g/mol. The molecule has 1 aromatic heterocycles. The summed E-state index contributed by atoms with van der Waals surface area (Å²) in [5.74, 6) is 0.392. The molecule has 0 spiro atoms. The van der Waals surface area contributed by atoms with Crippen molar-refractivity contribution >= 4 is 28.3 Å². The highest BCUT2D eigenvalue weighted by molar-refractivity contribution is 5.90. The molecule has 1 fully saturated rings. The van der Waals surface area contributed by atoms with E-state index in [1.54, 1.807) is 4.90 Å². The van der Waals surface area contributed by atoms with E-state index in [1.165, 1.54) is 29.8 Å². The summed E-state index contributed by atoms with van der Waals surface area (Å²) in [5, 5.41) is 24.0. The zero-order chi connectivity index (χ0) is 21.3. The average Bonchev–Trinajstić information content (AvgIpc) is 3.08. The number of fused-ring (bicyclic) bond motifs is 1. The molecule has 1 N–H and O–H groups in total. The number of carbonyl (C=O) groups is 1. The normalized spacial score (nSPS) is 15.9. The molecule has 1 saturated heterocycles. The minimum Gasteiger partial charge on any atom is -0.358 e. The third-order valence-electron chi connectivity index (χ3n) is 5.24. The molecule has 8 nitrogen and oxygen atoms in total. The van der Waals surface area contributed by atoms with Gasteiger partial charge in [-0.15, -0.1) is 0 Å². The topological polar surface area (TPSA) is 112 Å². The number of rotatable bonds is 5. The van der Waals surface area contributed by atoms with Crippen LogP contribution in [0.1, 0.15) is 23.1 Å². The lowest BCUT2D eigenvalue weighted by Gasteiger charge is -2.18. The molecule has 1 aliphatic rings. The van der Waals surface area contributed by atoms with Crippen LogP contribution in [0.4, 0.5) is 11.5 Å². The van der Waals surface area contributed by atoms with Crippen LogP contribution < -0.4 is 5.32 Å². The van der Waals surface area contributed by atoms with E-state index in [9.17, 15) is 20.2 Å². The first-order chi connectivity index (χ1) is 14.4. The van der Waals surface area contributed by atoms with E-state index in [2.05, 4.69) is 16.4 Å². The summed E-state index contributed by atoms with van der Waals surface area (Å²) in [7, 11) is 0. The SMILES string of the molecule is Cc1ccc(CN2CCC(Nc3cc(C#N)c4cc([N+](=O)[O-])ccc4n3)C2=O)cc1. The summed E-state index contributed by atoms with van der Waals surface area (Å²) in [4.78, 5) is 29.6. The number of pyridine rings is 1. The Morgan fingerprint density at radius 3 is 2.73 bits per heavy atom. The number of amides is 1. The average molecular weight is 401 g/mol. The van der Waals surface area contributed by atoms with Crippen molar-refractivity contribution in [1.82, 2.24) is 9.88 Å². The fourth-order valence-corrected chi connectivity index (χ4v) is 3.62. The molecule has 1 unspecified atom stereocenters. The molecule has 1 amide bonds. The van der Waals surface area contributed by atoms with Crippen LogP contribution in [0, 0.1) is 28.4 Å². The van der Waals surface area contributed by atoms with Crippen LogP contribution in [0.3, 0.4) is 0 Å². The van der Waals surface area contributed by atoms with E-state index in [0.29, 0.717) is 36.2 Å². The van der Waals surface area contributed by atoms with Crippen LogP contribution in [0.5, 0.6) is 0 Å². The van der Waals surface area contributed by atoms with Crippen molar-refractivity contribution in [3.8, 4) is 6.07 Å². The second-order valence-electron chi connectivity index (χ2n) is 7.36. The number of carbonyl (C=O) groups excluding carboxylic acids is 1. The van der Waals surface area contributed by atoms with Crippen LogP contribution in [-0.4, -0.2) is 33.3 Å². The molecule has 3 aromatic rings. The highest BCUT2D eigenvalue weighted by Crippen LogP contribution is 2.26. The maximum Gasteiger partial charge on any atom is 0.270 e. The lowest BCUT2D eigenvalue weighted by Crippen LogP contribution is -2.33. The Bertz CT molecular complexity index is 1180. The van der Waals surface area contributed by atoms with Gasteiger partial charge in [0.1, 0.15) is 11.9 Å². The zero-order valence-electron chi connectivity index (χ0n) is 16.3. The van der Waals surface area contributed by atoms with Gasteiger partial charge in [-0.2, -0.15) is 5.26 Å². The summed E-state index contributed by atoms with van der Waals surface area (Å²) in [6.07, 6.45) is 0.632. The second kappa shape index (κ2) is 7.79. The molecule has 4 rings (SSSR count). The number of nitrogens with zero attached hydrogens (tertiary/aromatic N) is 4. The summed E-state index contributed by atoms with van der Waals surface area (Å²) in [6, 6.07) is 15.5.